The highest BCUT2D eigenvalue weighted by atomic mass is 19.1. The zero-order valence-corrected chi connectivity index (χ0v) is 15.4. The Morgan fingerprint density at radius 3 is 2.81 bits per heavy atom. The van der Waals surface area contributed by atoms with Crippen LogP contribution in [0.4, 0.5) is 9.18 Å². The summed E-state index contributed by atoms with van der Waals surface area (Å²) in [5.74, 6) is -0.518. The Kier molecular flexibility index (Phi) is 5.17. The van der Waals surface area contributed by atoms with Gasteiger partial charge in [-0.1, -0.05) is 6.07 Å². The van der Waals surface area contributed by atoms with Crippen LogP contribution in [0.15, 0.2) is 18.2 Å². The normalized spacial score (nSPS) is 23.9. The van der Waals surface area contributed by atoms with Crippen LogP contribution in [-0.2, 0) is 9.47 Å². The van der Waals surface area contributed by atoms with Crippen LogP contribution >= 0.6 is 0 Å². The summed E-state index contributed by atoms with van der Waals surface area (Å²) in [6.45, 7) is 8.59. The van der Waals surface area contributed by atoms with Crippen molar-refractivity contribution in [2.24, 2.45) is 0 Å². The van der Waals surface area contributed by atoms with Gasteiger partial charge in [0.05, 0.1) is 24.3 Å². The Bertz CT molecular complexity index is 726. The van der Waals surface area contributed by atoms with Gasteiger partial charge in [-0.05, 0) is 38.5 Å². The number of morpholine rings is 1. The Morgan fingerprint density at radius 1 is 1.35 bits per heavy atom. The molecule has 2 saturated heterocycles. The second-order valence-corrected chi connectivity index (χ2v) is 7.75. The number of hydrogen-bond donors (Lipinski definition) is 0. The summed E-state index contributed by atoms with van der Waals surface area (Å²) in [4.78, 5) is 16.3. The molecule has 3 rings (SSSR count). The molecule has 2 fully saturated rings. The van der Waals surface area contributed by atoms with Gasteiger partial charge in [0.2, 0.25) is 0 Å². The predicted octanol–water partition coefficient (Wildman–Crippen LogP) is 2.69. The molecule has 0 aromatic heterocycles. The fourth-order valence-corrected chi connectivity index (χ4v) is 3.31. The molecular formula is C19H24FN3O3. The molecule has 0 spiro atoms. The van der Waals surface area contributed by atoms with Gasteiger partial charge in [0.15, 0.2) is 0 Å². The number of carbonyl (C=O) groups is 1. The maximum atomic E-state index is 13.5. The Morgan fingerprint density at radius 2 is 2.12 bits per heavy atom. The summed E-state index contributed by atoms with van der Waals surface area (Å²) in [5.41, 5.74) is 0.322. The van der Waals surface area contributed by atoms with Crippen LogP contribution in [0.2, 0.25) is 0 Å². The molecule has 2 aliphatic heterocycles. The monoisotopic (exact) mass is 361 g/mol. The highest BCUT2D eigenvalue weighted by Gasteiger charge is 2.36. The van der Waals surface area contributed by atoms with Crippen molar-refractivity contribution in [3.05, 3.63) is 35.1 Å². The van der Waals surface area contributed by atoms with Gasteiger partial charge in [0, 0.05) is 26.2 Å². The fourth-order valence-electron chi connectivity index (χ4n) is 3.31. The maximum absolute atomic E-state index is 13.5. The molecule has 1 amide bonds. The first-order valence-corrected chi connectivity index (χ1v) is 8.80. The zero-order valence-electron chi connectivity index (χ0n) is 15.4. The summed E-state index contributed by atoms with van der Waals surface area (Å²) in [5, 5.41) is 9.00. The van der Waals surface area contributed by atoms with E-state index in [4.69, 9.17) is 14.7 Å². The summed E-state index contributed by atoms with van der Waals surface area (Å²) < 4.78 is 24.9. The topological polar surface area (TPSA) is 65.8 Å². The maximum Gasteiger partial charge on any atom is 0.410 e. The third-order valence-electron chi connectivity index (χ3n) is 4.63. The van der Waals surface area contributed by atoms with Crippen molar-refractivity contribution >= 4 is 6.09 Å². The number of carbonyl (C=O) groups excluding carboxylic acids is 1. The standard InChI is InChI=1S/C19H24FN3O3/c1-19(2,3)26-18(24)23-7-6-22-11-17(25-12-15(22)10-23)13-4-5-16(20)14(8-13)9-21/h4-5,8,15,17H,6-7,10-12H2,1-3H3/t15-,17+/m1/s1. The lowest BCUT2D eigenvalue weighted by Gasteiger charge is -2.46. The lowest BCUT2D eigenvalue weighted by molar-refractivity contribution is -0.0906. The third-order valence-corrected chi connectivity index (χ3v) is 4.63. The van der Waals surface area contributed by atoms with E-state index in [-0.39, 0.29) is 23.8 Å². The largest absolute Gasteiger partial charge is 0.444 e. The Labute approximate surface area is 153 Å². The number of nitriles is 1. The fraction of sp³-hybridized carbons (Fsp3) is 0.579. The van der Waals surface area contributed by atoms with Gasteiger partial charge in [-0.25, -0.2) is 9.18 Å². The van der Waals surface area contributed by atoms with Crippen LogP contribution in [0.25, 0.3) is 0 Å². The van der Waals surface area contributed by atoms with Crippen molar-refractivity contribution in [1.29, 1.82) is 5.26 Å². The van der Waals surface area contributed by atoms with E-state index in [1.165, 1.54) is 6.07 Å². The van der Waals surface area contributed by atoms with Gasteiger partial charge in [-0.15, -0.1) is 0 Å². The first kappa shape index (κ1) is 18.6. The molecule has 1 aromatic rings. The van der Waals surface area contributed by atoms with E-state index in [0.717, 1.165) is 12.1 Å². The smallest absolute Gasteiger partial charge is 0.410 e. The van der Waals surface area contributed by atoms with Gasteiger partial charge in [-0.3, -0.25) is 4.90 Å². The Hall–Kier alpha value is -2.17. The first-order chi connectivity index (χ1) is 12.3. The highest BCUT2D eigenvalue weighted by Crippen LogP contribution is 2.28. The number of amides is 1. The second-order valence-electron chi connectivity index (χ2n) is 7.75. The van der Waals surface area contributed by atoms with Crippen molar-refractivity contribution in [1.82, 2.24) is 9.80 Å². The van der Waals surface area contributed by atoms with Crippen LogP contribution in [0, 0.1) is 17.1 Å². The zero-order chi connectivity index (χ0) is 18.9. The minimum Gasteiger partial charge on any atom is -0.444 e. The number of nitrogens with zero attached hydrogens (tertiary/aromatic N) is 3. The SMILES string of the molecule is CC(C)(C)OC(=O)N1CCN2C[C@@H](c3ccc(F)c(C#N)c3)OC[C@H]2C1. The molecule has 0 bridgehead atoms. The van der Waals surface area contributed by atoms with Crippen molar-refractivity contribution < 1.29 is 18.7 Å². The average Bonchev–Trinajstić information content (AvgIpc) is 2.59. The third kappa shape index (κ3) is 4.14. The summed E-state index contributed by atoms with van der Waals surface area (Å²) in [6, 6.07) is 6.51. The molecule has 0 saturated carbocycles. The van der Waals surface area contributed by atoms with E-state index in [1.807, 2.05) is 26.8 Å². The minimum absolute atomic E-state index is 0.0305. The minimum atomic E-state index is -0.518. The molecule has 0 aliphatic carbocycles. The second kappa shape index (κ2) is 7.22. The van der Waals surface area contributed by atoms with Gasteiger partial charge in [0.25, 0.3) is 0 Å². The highest BCUT2D eigenvalue weighted by molar-refractivity contribution is 5.68. The lowest BCUT2D eigenvalue weighted by Crippen LogP contribution is -2.60. The molecule has 1 aromatic carbocycles. The summed E-state index contributed by atoms with van der Waals surface area (Å²) >= 11 is 0. The van der Waals surface area contributed by atoms with Crippen LogP contribution in [0.5, 0.6) is 0 Å². The van der Waals surface area contributed by atoms with E-state index in [0.29, 0.717) is 26.2 Å². The van der Waals surface area contributed by atoms with E-state index >= 15 is 0 Å². The van der Waals surface area contributed by atoms with Gasteiger partial charge in [-0.2, -0.15) is 5.26 Å². The van der Waals surface area contributed by atoms with Crippen molar-refractivity contribution in [2.45, 2.75) is 38.5 Å². The molecular weight excluding hydrogens is 337 g/mol. The van der Waals surface area contributed by atoms with Crippen LogP contribution in [-0.4, -0.2) is 60.3 Å². The van der Waals surface area contributed by atoms with Crippen LogP contribution < -0.4 is 0 Å². The number of rotatable bonds is 1. The van der Waals surface area contributed by atoms with E-state index < -0.39 is 11.4 Å². The number of hydrogen-bond acceptors (Lipinski definition) is 5. The van der Waals surface area contributed by atoms with E-state index in [2.05, 4.69) is 4.90 Å². The summed E-state index contributed by atoms with van der Waals surface area (Å²) in [7, 11) is 0. The van der Waals surface area contributed by atoms with Crippen LogP contribution in [0.3, 0.4) is 0 Å². The predicted molar refractivity (Wildman–Crippen MR) is 93.0 cm³/mol. The lowest BCUT2D eigenvalue weighted by atomic mass is 10.0. The molecule has 7 heteroatoms. The first-order valence-electron chi connectivity index (χ1n) is 8.80. The quantitative estimate of drug-likeness (QED) is 0.769. The number of halogens is 1. The molecule has 2 aliphatic rings. The van der Waals surface area contributed by atoms with E-state index in [1.54, 1.807) is 17.0 Å². The molecule has 0 unspecified atom stereocenters. The average molecular weight is 361 g/mol. The molecule has 6 nitrogen and oxygen atoms in total. The van der Waals surface area contributed by atoms with Gasteiger partial charge in [0.1, 0.15) is 17.5 Å². The van der Waals surface area contributed by atoms with Crippen molar-refractivity contribution in [3.63, 3.8) is 0 Å². The molecule has 2 atom stereocenters. The number of piperazine rings is 1. The van der Waals surface area contributed by atoms with Crippen molar-refractivity contribution in [3.8, 4) is 6.07 Å². The van der Waals surface area contributed by atoms with Gasteiger partial charge < -0.3 is 14.4 Å². The number of ether oxygens (including phenoxy) is 2. The molecule has 0 N–H and O–H groups in total. The van der Waals surface area contributed by atoms with Crippen molar-refractivity contribution in [2.75, 3.05) is 32.8 Å². The molecule has 2 heterocycles. The number of benzene rings is 1. The Balaban J connectivity index is 1.62. The number of fused-ring (bicyclic) bond motifs is 1. The molecule has 0 radical (unpaired) electrons. The molecule has 26 heavy (non-hydrogen) atoms. The summed E-state index contributed by atoms with van der Waals surface area (Å²) in [6.07, 6.45) is -0.497. The molecule has 140 valence electrons. The van der Waals surface area contributed by atoms with E-state index in [9.17, 15) is 9.18 Å². The van der Waals surface area contributed by atoms with Gasteiger partial charge >= 0.3 is 6.09 Å². The van der Waals surface area contributed by atoms with Crippen LogP contribution in [0.1, 0.15) is 38.0 Å².